The molecule has 96 valence electrons. The second kappa shape index (κ2) is 9.65. The number of rotatable bonds is 9. The molecule has 0 atom stereocenters. The lowest BCUT2D eigenvalue weighted by Crippen LogP contribution is -2.13. The molecule has 0 aliphatic heterocycles. The minimum atomic E-state index is 0.173. The highest BCUT2D eigenvalue weighted by atomic mass is 32.2. The van der Waals surface area contributed by atoms with Crippen molar-refractivity contribution in [2.75, 3.05) is 31.3 Å². The highest BCUT2D eigenvalue weighted by molar-refractivity contribution is 8.17. The number of para-hydroxylation sites is 1. The van der Waals surface area contributed by atoms with Crippen molar-refractivity contribution in [1.82, 2.24) is 0 Å². The van der Waals surface area contributed by atoms with Crippen molar-refractivity contribution in [3.05, 3.63) is 30.3 Å². The molecule has 0 aromatic heterocycles. The Morgan fingerprint density at radius 3 is 2.12 bits per heavy atom. The lowest BCUT2D eigenvalue weighted by Gasteiger charge is -2.16. The van der Waals surface area contributed by atoms with Crippen LogP contribution in [0, 0.1) is 0 Å². The Morgan fingerprint density at radius 1 is 1.00 bits per heavy atom. The molecular weight excluding hydrogens is 256 g/mol. The highest BCUT2D eigenvalue weighted by Gasteiger charge is 2.10. The smallest absolute Gasteiger partial charge is 0.119 e. The molecule has 0 heterocycles. The van der Waals surface area contributed by atoms with Gasteiger partial charge in [0.25, 0.3) is 0 Å². The van der Waals surface area contributed by atoms with Gasteiger partial charge in [-0.1, -0.05) is 18.2 Å². The van der Waals surface area contributed by atoms with E-state index in [0.717, 1.165) is 5.75 Å². The zero-order valence-corrected chi connectivity index (χ0v) is 11.3. The van der Waals surface area contributed by atoms with Gasteiger partial charge in [-0.2, -0.15) is 0 Å². The lowest BCUT2D eigenvalue weighted by molar-refractivity contribution is 0.320. The van der Waals surface area contributed by atoms with Gasteiger partial charge in [0.15, 0.2) is 0 Å². The van der Waals surface area contributed by atoms with E-state index in [9.17, 15) is 0 Å². The summed E-state index contributed by atoms with van der Waals surface area (Å²) in [6.45, 7) is 0.928. The Kier molecular flexibility index (Phi) is 8.34. The van der Waals surface area contributed by atoms with Gasteiger partial charge in [-0.15, -0.1) is 23.5 Å². The Balaban J connectivity index is 2.31. The van der Waals surface area contributed by atoms with Crippen LogP contribution in [0.15, 0.2) is 30.3 Å². The third kappa shape index (κ3) is 6.83. The summed E-state index contributed by atoms with van der Waals surface area (Å²) in [5.41, 5.74) is 0. The predicted molar refractivity (Wildman–Crippen MR) is 74.8 cm³/mol. The summed E-state index contributed by atoms with van der Waals surface area (Å²) >= 11 is 3.32. The zero-order valence-electron chi connectivity index (χ0n) is 9.62. The number of thioether (sulfide) groups is 2. The maximum absolute atomic E-state index is 8.81. The van der Waals surface area contributed by atoms with Crippen LogP contribution in [0.3, 0.4) is 0 Å². The van der Waals surface area contributed by atoms with Crippen LogP contribution in [0.2, 0.25) is 0 Å². The van der Waals surface area contributed by atoms with Crippen LogP contribution in [0.25, 0.3) is 0 Å². The molecule has 5 heteroatoms. The summed E-state index contributed by atoms with van der Waals surface area (Å²) in [5, 5.41) is 17.6. The summed E-state index contributed by atoms with van der Waals surface area (Å²) in [6, 6.07) is 9.67. The zero-order chi connectivity index (χ0) is 12.3. The van der Waals surface area contributed by atoms with Crippen LogP contribution in [0.4, 0.5) is 0 Å². The number of aliphatic hydroxyl groups is 2. The van der Waals surface area contributed by atoms with Crippen molar-refractivity contribution in [1.29, 1.82) is 0 Å². The van der Waals surface area contributed by atoms with Crippen LogP contribution in [-0.2, 0) is 0 Å². The average Bonchev–Trinajstić information content (AvgIpc) is 2.39. The minimum absolute atomic E-state index is 0.173. The molecule has 0 fully saturated rings. The number of hydrogen-bond donors (Lipinski definition) is 2. The SMILES string of the molecule is OCCSC(COc1ccccc1)SCCO. The van der Waals surface area contributed by atoms with Crippen molar-refractivity contribution in [3.63, 3.8) is 0 Å². The molecule has 3 nitrogen and oxygen atoms in total. The Bertz CT molecular complexity index is 274. The van der Waals surface area contributed by atoms with E-state index in [0.29, 0.717) is 18.1 Å². The summed E-state index contributed by atoms with van der Waals surface area (Å²) in [7, 11) is 0. The first-order chi connectivity index (χ1) is 8.36. The van der Waals surface area contributed by atoms with Crippen molar-refractivity contribution < 1.29 is 14.9 Å². The molecule has 0 radical (unpaired) electrons. The molecule has 0 aliphatic carbocycles. The fraction of sp³-hybridized carbons (Fsp3) is 0.500. The normalized spacial score (nSPS) is 10.8. The van der Waals surface area contributed by atoms with E-state index in [1.807, 2.05) is 30.3 Å². The van der Waals surface area contributed by atoms with Gasteiger partial charge in [0.2, 0.25) is 0 Å². The topological polar surface area (TPSA) is 49.7 Å². The fourth-order valence-corrected chi connectivity index (χ4v) is 3.22. The summed E-state index contributed by atoms with van der Waals surface area (Å²) in [4.78, 5) is 0. The van der Waals surface area contributed by atoms with Gasteiger partial charge in [-0.05, 0) is 12.1 Å². The van der Waals surface area contributed by atoms with Crippen LogP contribution < -0.4 is 4.74 Å². The van der Waals surface area contributed by atoms with Gasteiger partial charge in [0.05, 0.1) is 17.8 Å². The molecule has 0 amide bonds. The molecule has 0 saturated heterocycles. The predicted octanol–water partition coefficient (Wildman–Crippen LogP) is 1.84. The van der Waals surface area contributed by atoms with Crippen LogP contribution >= 0.6 is 23.5 Å². The van der Waals surface area contributed by atoms with Gasteiger partial charge in [-0.25, -0.2) is 0 Å². The van der Waals surface area contributed by atoms with E-state index in [1.54, 1.807) is 23.5 Å². The molecule has 0 aliphatic rings. The Hall–Kier alpha value is -0.360. The number of ether oxygens (including phenoxy) is 1. The molecule has 0 saturated carbocycles. The molecule has 17 heavy (non-hydrogen) atoms. The van der Waals surface area contributed by atoms with E-state index in [1.165, 1.54) is 0 Å². The van der Waals surface area contributed by atoms with Gasteiger partial charge in [0.1, 0.15) is 12.4 Å². The first-order valence-electron chi connectivity index (χ1n) is 5.49. The molecule has 1 aromatic rings. The van der Waals surface area contributed by atoms with Crippen molar-refractivity contribution in [2.45, 2.75) is 4.58 Å². The Labute approximate surface area is 111 Å². The lowest BCUT2D eigenvalue weighted by atomic mass is 10.3. The second-order valence-electron chi connectivity index (χ2n) is 3.24. The summed E-state index contributed by atoms with van der Waals surface area (Å²) in [6.07, 6.45) is 0. The molecule has 2 N–H and O–H groups in total. The highest BCUT2D eigenvalue weighted by Crippen LogP contribution is 2.24. The van der Waals surface area contributed by atoms with E-state index in [-0.39, 0.29) is 17.8 Å². The van der Waals surface area contributed by atoms with Gasteiger partial charge in [-0.3, -0.25) is 0 Å². The number of hydrogen-bond acceptors (Lipinski definition) is 5. The van der Waals surface area contributed by atoms with Crippen molar-refractivity contribution >= 4 is 23.5 Å². The first-order valence-corrected chi connectivity index (χ1v) is 7.59. The first kappa shape index (κ1) is 14.7. The molecule has 0 unspecified atom stereocenters. The van der Waals surface area contributed by atoms with Crippen LogP contribution in [0.5, 0.6) is 5.75 Å². The average molecular weight is 274 g/mol. The van der Waals surface area contributed by atoms with E-state index >= 15 is 0 Å². The van der Waals surface area contributed by atoms with Crippen molar-refractivity contribution in [3.8, 4) is 5.75 Å². The van der Waals surface area contributed by atoms with Crippen molar-refractivity contribution in [2.24, 2.45) is 0 Å². The summed E-state index contributed by atoms with van der Waals surface area (Å²) < 4.78 is 5.90. The molecule has 0 bridgehead atoms. The van der Waals surface area contributed by atoms with Crippen LogP contribution in [0.1, 0.15) is 0 Å². The standard InChI is InChI=1S/C12H18O3S2/c13-6-8-16-12(17-9-7-14)10-15-11-4-2-1-3-5-11/h1-5,12-14H,6-10H2. The third-order valence-electron chi connectivity index (χ3n) is 1.92. The number of aliphatic hydroxyl groups excluding tert-OH is 2. The monoisotopic (exact) mass is 274 g/mol. The van der Waals surface area contributed by atoms with Gasteiger partial charge < -0.3 is 14.9 Å². The van der Waals surface area contributed by atoms with Gasteiger partial charge in [0, 0.05) is 11.5 Å². The maximum atomic E-state index is 8.81. The van der Waals surface area contributed by atoms with E-state index < -0.39 is 0 Å². The largest absolute Gasteiger partial charge is 0.492 e. The molecule has 1 rings (SSSR count). The fourth-order valence-electron chi connectivity index (χ4n) is 1.19. The molecular formula is C12H18O3S2. The van der Waals surface area contributed by atoms with Crippen LogP contribution in [-0.4, -0.2) is 46.1 Å². The Morgan fingerprint density at radius 2 is 1.59 bits per heavy atom. The molecule has 0 spiro atoms. The van der Waals surface area contributed by atoms with E-state index in [4.69, 9.17) is 14.9 Å². The number of benzene rings is 1. The van der Waals surface area contributed by atoms with Gasteiger partial charge >= 0.3 is 0 Å². The maximum Gasteiger partial charge on any atom is 0.119 e. The third-order valence-corrected chi connectivity index (χ3v) is 4.59. The second-order valence-corrected chi connectivity index (χ2v) is 6.16. The summed E-state index contributed by atoms with van der Waals surface area (Å²) in [5.74, 6) is 2.24. The minimum Gasteiger partial charge on any atom is -0.492 e. The molecule has 1 aromatic carbocycles. The quantitative estimate of drug-likeness (QED) is 0.673. The van der Waals surface area contributed by atoms with E-state index in [2.05, 4.69) is 0 Å².